The van der Waals surface area contributed by atoms with Gasteiger partial charge in [-0.15, -0.1) is 10.2 Å². The van der Waals surface area contributed by atoms with Crippen molar-refractivity contribution < 1.29 is 0 Å². The van der Waals surface area contributed by atoms with Crippen LogP contribution >= 0.6 is 11.8 Å². The Kier molecular flexibility index (Phi) is 5.63. The number of nitrogens with zero attached hydrogens (tertiary/aromatic N) is 3. The number of unbranched alkanes of at least 4 members (excludes halogenated alkanes) is 2. The van der Waals surface area contributed by atoms with E-state index < -0.39 is 0 Å². The SMILES string of the molecule is CSCCCCCNc1c(C#N)nnc2ccccc12. The molecule has 20 heavy (non-hydrogen) atoms. The molecule has 0 saturated carbocycles. The summed E-state index contributed by atoms with van der Waals surface area (Å²) in [6.45, 7) is 0.860. The van der Waals surface area contributed by atoms with Gasteiger partial charge in [-0.05, 0) is 30.9 Å². The third-order valence-electron chi connectivity index (χ3n) is 3.10. The summed E-state index contributed by atoms with van der Waals surface area (Å²) in [6, 6.07) is 9.87. The van der Waals surface area contributed by atoms with Crippen LogP contribution in [0.3, 0.4) is 0 Å². The number of hydrogen-bond acceptors (Lipinski definition) is 5. The van der Waals surface area contributed by atoms with E-state index >= 15 is 0 Å². The van der Waals surface area contributed by atoms with Crippen LogP contribution in [0.2, 0.25) is 0 Å². The molecule has 1 N–H and O–H groups in total. The first-order chi connectivity index (χ1) is 9.86. The Morgan fingerprint density at radius 2 is 2.05 bits per heavy atom. The minimum atomic E-state index is 0.368. The predicted octanol–water partition coefficient (Wildman–Crippen LogP) is 3.45. The maximum Gasteiger partial charge on any atom is 0.186 e. The lowest BCUT2D eigenvalue weighted by atomic mass is 10.1. The summed E-state index contributed by atoms with van der Waals surface area (Å²) in [5.74, 6) is 1.21. The van der Waals surface area contributed by atoms with Gasteiger partial charge in [0.05, 0.1) is 11.2 Å². The van der Waals surface area contributed by atoms with Crippen molar-refractivity contribution in [3.8, 4) is 6.07 Å². The normalized spacial score (nSPS) is 10.4. The van der Waals surface area contributed by atoms with E-state index in [2.05, 4.69) is 27.8 Å². The molecular formula is C15H18N4S. The van der Waals surface area contributed by atoms with Crippen molar-refractivity contribution in [3.05, 3.63) is 30.0 Å². The van der Waals surface area contributed by atoms with Gasteiger partial charge >= 0.3 is 0 Å². The number of thioether (sulfide) groups is 1. The molecule has 1 aromatic carbocycles. The zero-order valence-corrected chi connectivity index (χ0v) is 12.4. The van der Waals surface area contributed by atoms with E-state index in [1.807, 2.05) is 36.0 Å². The van der Waals surface area contributed by atoms with Crippen LogP contribution in [0, 0.1) is 11.3 Å². The highest BCUT2D eigenvalue weighted by atomic mass is 32.2. The Morgan fingerprint density at radius 3 is 2.85 bits per heavy atom. The molecule has 0 fully saturated rings. The van der Waals surface area contributed by atoms with Gasteiger partial charge in [0.25, 0.3) is 0 Å². The Balaban J connectivity index is 2.06. The van der Waals surface area contributed by atoms with Crippen LogP contribution in [0.1, 0.15) is 25.0 Å². The van der Waals surface area contributed by atoms with E-state index in [1.165, 1.54) is 18.6 Å². The Hall–Kier alpha value is -1.80. The number of rotatable bonds is 7. The monoisotopic (exact) mass is 286 g/mol. The summed E-state index contributed by atoms with van der Waals surface area (Å²) in [7, 11) is 0. The fourth-order valence-electron chi connectivity index (χ4n) is 2.07. The highest BCUT2D eigenvalue weighted by Gasteiger charge is 2.09. The summed E-state index contributed by atoms with van der Waals surface area (Å²) in [5.41, 5.74) is 1.99. The molecule has 1 heterocycles. The summed E-state index contributed by atoms with van der Waals surface area (Å²) >= 11 is 1.88. The second-order valence-electron chi connectivity index (χ2n) is 4.53. The average molecular weight is 286 g/mol. The van der Waals surface area contributed by atoms with Crippen molar-refractivity contribution in [2.45, 2.75) is 19.3 Å². The molecule has 104 valence electrons. The number of nitrogens with one attached hydrogen (secondary N) is 1. The molecule has 4 nitrogen and oxygen atoms in total. The number of fused-ring (bicyclic) bond motifs is 1. The van der Waals surface area contributed by atoms with Crippen LogP contribution in [-0.2, 0) is 0 Å². The number of benzene rings is 1. The highest BCUT2D eigenvalue weighted by molar-refractivity contribution is 7.98. The van der Waals surface area contributed by atoms with Crippen LogP contribution in [0.15, 0.2) is 24.3 Å². The highest BCUT2D eigenvalue weighted by Crippen LogP contribution is 2.23. The molecule has 1 aromatic heterocycles. The molecule has 5 heteroatoms. The quantitative estimate of drug-likeness (QED) is 0.790. The van der Waals surface area contributed by atoms with E-state index in [9.17, 15) is 0 Å². The molecule has 0 amide bonds. The minimum Gasteiger partial charge on any atom is -0.382 e. The molecule has 0 saturated heterocycles. The molecular weight excluding hydrogens is 268 g/mol. The molecule has 0 radical (unpaired) electrons. The van der Waals surface area contributed by atoms with Gasteiger partial charge in [0.1, 0.15) is 6.07 Å². The zero-order valence-electron chi connectivity index (χ0n) is 11.6. The smallest absolute Gasteiger partial charge is 0.186 e. The molecule has 2 aromatic rings. The van der Waals surface area contributed by atoms with Gasteiger partial charge in [-0.25, -0.2) is 0 Å². The first kappa shape index (κ1) is 14.6. The Labute approximate surface area is 123 Å². The number of anilines is 1. The second-order valence-corrected chi connectivity index (χ2v) is 5.52. The molecule has 0 unspecified atom stereocenters. The van der Waals surface area contributed by atoms with Crippen LogP contribution in [0.25, 0.3) is 10.9 Å². The van der Waals surface area contributed by atoms with Crippen molar-refractivity contribution >= 4 is 28.4 Å². The van der Waals surface area contributed by atoms with Gasteiger partial charge in [-0.2, -0.15) is 17.0 Å². The summed E-state index contributed by atoms with van der Waals surface area (Å²) in [5, 5.41) is 21.5. The summed E-state index contributed by atoms with van der Waals surface area (Å²) in [6.07, 6.45) is 5.67. The maximum atomic E-state index is 9.16. The predicted molar refractivity (Wildman–Crippen MR) is 85.0 cm³/mol. The Morgan fingerprint density at radius 1 is 1.20 bits per heavy atom. The average Bonchev–Trinajstić information content (AvgIpc) is 2.50. The number of aromatic nitrogens is 2. The lowest BCUT2D eigenvalue weighted by Crippen LogP contribution is -2.06. The molecule has 0 aliphatic carbocycles. The van der Waals surface area contributed by atoms with Gasteiger partial charge in [0.15, 0.2) is 5.69 Å². The molecule has 2 rings (SSSR count). The zero-order chi connectivity index (χ0) is 14.2. The summed E-state index contributed by atoms with van der Waals surface area (Å²) < 4.78 is 0. The van der Waals surface area contributed by atoms with E-state index in [4.69, 9.17) is 5.26 Å². The number of nitriles is 1. The van der Waals surface area contributed by atoms with Crippen LogP contribution < -0.4 is 5.32 Å². The van der Waals surface area contributed by atoms with Crippen molar-refractivity contribution in [2.75, 3.05) is 23.9 Å². The maximum absolute atomic E-state index is 9.16. The third kappa shape index (κ3) is 3.61. The van der Waals surface area contributed by atoms with Crippen molar-refractivity contribution in [3.63, 3.8) is 0 Å². The van der Waals surface area contributed by atoms with Gasteiger partial charge in [-0.1, -0.05) is 24.6 Å². The summed E-state index contributed by atoms with van der Waals surface area (Å²) in [4.78, 5) is 0. The molecule has 0 bridgehead atoms. The molecule has 0 atom stereocenters. The molecule has 0 spiro atoms. The number of hydrogen-bond donors (Lipinski definition) is 1. The fourth-order valence-corrected chi connectivity index (χ4v) is 2.57. The minimum absolute atomic E-state index is 0.368. The van der Waals surface area contributed by atoms with Gasteiger partial charge < -0.3 is 5.32 Å². The van der Waals surface area contributed by atoms with Crippen LogP contribution in [0.5, 0.6) is 0 Å². The van der Waals surface area contributed by atoms with Crippen molar-refractivity contribution in [1.29, 1.82) is 5.26 Å². The van der Waals surface area contributed by atoms with Gasteiger partial charge in [-0.3, -0.25) is 0 Å². The van der Waals surface area contributed by atoms with Gasteiger partial charge in [0, 0.05) is 11.9 Å². The van der Waals surface area contributed by atoms with Crippen molar-refractivity contribution in [1.82, 2.24) is 10.2 Å². The van der Waals surface area contributed by atoms with E-state index in [0.717, 1.165) is 29.6 Å². The van der Waals surface area contributed by atoms with E-state index in [0.29, 0.717) is 5.69 Å². The fraction of sp³-hybridized carbons (Fsp3) is 0.400. The first-order valence-electron chi connectivity index (χ1n) is 6.75. The first-order valence-corrected chi connectivity index (χ1v) is 8.14. The van der Waals surface area contributed by atoms with E-state index in [-0.39, 0.29) is 0 Å². The standard InChI is InChI=1S/C15H18N4S/c1-20-10-6-2-5-9-17-15-12-7-3-4-8-13(12)18-19-14(15)11-16/h3-4,7-8H,2,5-6,9-10H2,1H3,(H,17,18). The van der Waals surface area contributed by atoms with Crippen LogP contribution in [-0.4, -0.2) is 28.8 Å². The lowest BCUT2D eigenvalue weighted by Gasteiger charge is -2.10. The lowest BCUT2D eigenvalue weighted by molar-refractivity contribution is 0.749. The second kappa shape index (κ2) is 7.71. The van der Waals surface area contributed by atoms with Crippen LogP contribution in [0.4, 0.5) is 5.69 Å². The topological polar surface area (TPSA) is 61.6 Å². The molecule has 0 aliphatic heterocycles. The molecule has 0 aliphatic rings. The van der Waals surface area contributed by atoms with E-state index in [1.54, 1.807) is 0 Å². The van der Waals surface area contributed by atoms with Crippen molar-refractivity contribution in [2.24, 2.45) is 0 Å². The largest absolute Gasteiger partial charge is 0.382 e. The van der Waals surface area contributed by atoms with Gasteiger partial charge in [0.2, 0.25) is 0 Å². The third-order valence-corrected chi connectivity index (χ3v) is 3.80. The Bertz CT molecular complexity index is 606.